The van der Waals surface area contributed by atoms with Gasteiger partial charge >= 0.3 is 0 Å². The zero-order chi connectivity index (χ0) is 22.4. The lowest BCUT2D eigenvalue weighted by Gasteiger charge is -2.26. The van der Waals surface area contributed by atoms with E-state index in [4.69, 9.17) is 23.2 Å². The summed E-state index contributed by atoms with van der Waals surface area (Å²) in [5.74, 6) is -0.416. The zero-order valence-electron chi connectivity index (χ0n) is 17.4. The van der Waals surface area contributed by atoms with Crippen LogP contribution in [0.2, 0.25) is 10.0 Å². The lowest BCUT2D eigenvalue weighted by Crippen LogP contribution is -2.44. The van der Waals surface area contributed by atoms with E-state index >= 15 is 0 Å². The van der Waals surface area contributed by atoms with Crippen molar-refractivity contribution in [1.29, 1.82) is 0 Å². The first-order chi connectivity index (χ1) is 14.7. The number of likely N-dealkylation sites (tertiary alicyclic amines) is 1. The molecule has 2 aromatic rings. The van der Waals surface area contributed by atoms with Crippen LogP contribution in [0.5, 0.6) is 0 Å². The maximum absolute atomic E-state index is 12.5. The molecule has 2 N–H and O–H groups in total. The fourth-order valence-corrected chi connectivity index (χ4v) is 5.07. The Morgan fingerprint density at radius 3 is 2.29 bits per heavy atom. The van der Waals surface area contributed by atoms with E-state index < -0.39 is 22.0 Å². The summed E-state index contributed by atoms with van der Waals surface area (Å²) >= 11 is 11.7. The topological polar surface area (TPSA) is 78.5 Å². The van der Waals surface area contributed by atoms with Crippen molar-refractivity contribution in [3.05, 3.63) is 63.6 Å². The van der Waals surface area contributed by atoms with Crippen LogP contribution in [0, 0.1) is 0 Å². The van der Waals surface area contributed by atoms with E-state index in [9.17, 15) is 13.2 Å². The normalized spacial score (nSPS) is 16.1. The van der Waals surface area contributed by atoms with Crippen molar-refractivity contribution in [3.8, 4) is 0 Å². The molecule has 6 nitrogen and oxygen atoms in total. The van der Waals surface area contributed by atoms with Gasteiger partial charge in [0.25, 0.3) is 0 Å². The third-order valence-corrected chi connectivity index (χ3v) is 7.55. The Morgan fingerprint density at radius 1 is 1.00 bits per heavy atom. The van der Waals surface area contributed by atoms with Gasteiger partial charge in [-0.3, -0.25) is 9.69 Å². The predicted molar refractivity (Wildman–Crippen MR) is 124 cm³/mol. The molecular weight excluding hydrogens is 457 g/mol. The van der Waals surface area contributed by atoms with Gasteiger partial charge < -0.3 is 5.32 Å². The van der Waals surface area contributed by atoms with Crippen molar-refractivity contribution in [2.45, 2.75) is 50.2 Å². The second-order valence-electron chi connectivity index (χ2n) is 7.79. The smallest absolute Gasteiger partial charge is 0.241 e. The summed E-state index contributed by atoms with van der Waals surface area (Å²) < 4.78 is 27.3. The van der Waals surface area contributed by atoms with Gasteiger partial charge in [0.2, 0.25) is 15.9 Å². The minimum Gasteiger partial charge on any atom is -0.351 e. The number of amides is 1. The van der Waals surface area contributed by atoms with Gasteiger partial charge in [0.05, 0.1) is 21.0 Å². The molecule has 0 aliphatic carbocycles. The Kier molecular flexibility index (Phi) is 8.36. The van der Waals surface area contributed by atoms with Crippen molar-refractivity contribution in [2.24, 2.45) is 0 Å². The number of benzene rings is 2. The van der Waals surface area contributed by atoms with Crippen molar-refractivity contribution in [2.75, 3.05) is 13.1 Å². The van der Waals surface area contributed by atoms with Gasteiger partial charge in [-0.2, -0.15) is 4.72 Å². The van der Waals surface area contributed by atoms with E-state index in [0.717, 1.165) is 25.2 Å². The Morgan fingerprint density at radius 2 is 1.65 bits per heavy atom. The van der Waals surface area contributed by atoms with Crippen LogP contribution in [0.1, 0.15) is 37.3 Å². The summed E-state index contributed by atoms with van der Waals surface area (Å²) in [6.45, 7) is 5.05. The van der Waals surface area contributed by atoms with E-state index in [0.29, 0.717) is 6.54 Å². The fraction of sp³-hybridized carbons (Fsp3) is 0.409. The van der Waals surface area contributed by atoms with Gasteiger partial charge in [0.15, 0.2) is 0 Å². The molecule has 1 saturated heterocycles. The standard InChI is InChI=1S/C22H27Cl2N3O3S/c1-16(26-31(29,30)19-9-10-20(23)21(24)13-19)22(28)25-14-17-5-7-18(8-6-17)15-27-11-3-2-4-12-27/h5-10,13,16,26H,2-4,11-12,14-15H2,1H3,(H,25,28)/t16-/m1/s1. The summed E-state index contributed by atoms with van der Waals surface area (Å²) in [4.78, 5) is 14.8. The van der Waals surface area contributed by atoms with Crippen LogP contribution in [-0.4, -0.2) is 38.4 Å². The molecule has 168 valence electrons. The van der Waals surface area contributed by atoms with Gasteiger partial charge in [-0.15, -0.1) is 0 Å². The molecule has 0 spiro atoms. The minimum atomic E-state index is -3.91. The van der Waals surface area contributed by atoms with E-state index in [1.165, 1.54) is 49.9 Å². The summed E-state index contributed by atoms with van der Waals surface area (Å²) in [5, 5.41) is 3.16. The van der Waals surface area contributed by atoms with E-state index in [1.807, 2.05) is 12.1 Å². The number of nitrogens with one attached hydrogen (secondary N) is 2. The van der Waals surface area contributed by atoms with E-state index in [-0.39, 0.29) is 14.9 Å². The van der Waals surface area contributed by atoms with Gasteiger partial charge in [-0.05, 0) is 62.2 Å². The molecule has 1 aliphatic heterocycles. The number of nitrogens with zero attached hydrogens (tertiary/aromatic N) is 1. The first-order valence-corrected chi connectivity index (χ1v) is 12.5. The van der Waals surface area contributed by atoms with Gasteiger partial charge in [0, 0.05) is 13.1 Å². The van der Waals surface area contributed by atoms with Gasteiger partial charge in [-0.1, -0.05) is 53.9 Å². The first kappa shape index (κ1) is 24.0. The van der Waals surface area contributed by atoms with Crippen LogP contribution in [0.4, 0.5) is 0 Å². The summed E-state index contributed by atoms with van der Waals surface area (Å²) in [7, 11) is -3.91. The Labute approximate surface area is 194 Å². The second kappa shape index (κ2) is 10.8. The van der Waals surface area contributed by atoms with Crippen molar-refractivity contribution >= 4 is 39.1 Å². The maximum atomic E-state index is 12.5. The molecule has 0 aromatic heterocycles. The highest BCUT2D eigenvalue weighted by Gasteiger charge is 2.22. The molecule has 0 saturated carbocycles. The number of hydrogen-bond acceptors (Lipinski definition) is 4. The van der Waals surface area contributed by atoms with Crippen molar-refractivity contribution < 1.29 is 13.2 Å². The molecule has 0 radical (unpaired) electrons. The van der Waals surface area contributed by atoms with Crippen LogP contribution >= 0.6 is 23.2 Å². The predicted octanol–water partition coefficient (Wildman–Crippen LogP) is 3.96. The molecule has 3 rings (SSSR count). The van der Waals surface area contributed by atoms with E-state index in [2.05, 4.69) is 27.1 Å². The number of sulfonamides is 1. The van der Waals surface area contributed by atoms with Gasteiger partial charge in [-0.25, -0.2) is 8.42 Å². The Hall–Kier alpha value is -1.64. The molecule has 1 heterocycles. The summed E-state index contributed by atoms with van der Waals surface area (Å²) in [6, 6.07) is 11.2. The molecule has 1 aliphatic rings. The van der Waals surface area contributed by atoms with E-state index in [1.54, 1.807) is 0 Å². The number of hydrogen-bond donors (Lipinski definition) is 2. The lowest BCUT2D eigenvalue weighted by molar-refractivity contribution is -0.122. The summed E-state index contributed by atoms with van der Waals surface area (Å²) in [6.07, 6.45) is 3.84. The number of rotatable bonds is 8. The largest absolute Gasteiger partial charge is 0.351 e. The molecule has 31 heavy (non-hydrogen) atoms. The highest BCUT2D eigenvalue weighted by molar-refractivity contribution is 7.89. The molecule has 9 heteroatoms. The van der Waals surface area contributed by atoms with Crippen LogP contribution < -0.4 is 10.0 Å². The highest BCUT2D eigenvalue weighted by Crippen LogP contribution is 2.24. The minimum absolute atomic E-state index is 0.0501. The number of halogens is 2. The Balaban J connectivity index is 1.50. The Bertz CT molecular complexity index is 1010. The van der Waals surface area contributed by atoms with Crippen LogP contribution in [0.3, 0.4) is 0 Å². The zero-order valence-corrected chi connectivity index (χ0v) is 19.7. The molecule has 2 aromatic carbocycles. The quantitative estimate of drug-likeness (QED) is 0.595. The first-order valence-electron chi connectivity index (χ1n) is 10.3. The lowest BCUT2D eigenvalue weighted by atomic mass is 10.1. The number of piperidine rings is 1. The van der Waals surface area contributed by atoms with Crippen molar-refractivity contribution in [3.63, 3.8) is 0 Å². The molecule has 1 fully saturated rings. The molecule has 1 atom stereocenters. The van der Waals surface area contributed by atoms with Crippen LogP contribution in [-0.2, 0) is 27.9 Å². The fourth-order valence-electron chi connectivity index (χ4n) is 3.48. The highest BCUT2D eigenvalue weighted by atomic mass is 35.5. The number of carbonyl (C=O) groups excluding carboxylic acids is 1. The average Bonchev–Trinajstić information content (AvgIpc) is 2.75. The molecule has 0 unspecified atom stereocenters. The third-order valence-electron chi connectivity index (χ3n) is 5.27. The molecule has 1 amide bonds. The second-order valence-corrected chi connectivity index (χ2v) is 10.3. The third kappa shape index (κ3) is 6.92. The SMILES string of the molecule is C[C@@H](NS(=O)(=O)c1ccc(Cl)c(Cl)c1)C(=O)NCc1ccc(CN2CCCCC2)cc1. The van der Waals surface area contributed by atoms with Crippen molar-refractivity contribution in [1.82, 2.24) is 14.9 Å². The summed E-state index contributed by atoms with van der Waals surface area (Å²) in [5.41, 5.74) is 2.20. The number of carbonyl (C=O) groups is 1. The van der Waals surface area contributed by atoms with Gasteiger partial charge in [0.1, 0.15) is 0 Å². The van der Waals surface area contributed by atoms with Crippen LogP contribution in [0.25, 0.3) is 0 Å². The maximum Gasteiger partial charge on any atom is 0.241 e. The molecular formula is C22H27Cl2N3O3S. The van der Waals surface area contributed by atoms with Crippen LogP contribution in [0.15, 0.2) is 47.4 Å². The monoisotopic (exact) mass is 483 g/mol. The molecule has 0 bridgehead atoms. The average molecular weight is 484 g/mol.